The predicted octanol–water partition coefficient (Wildman–Crippen LogP) is 2.78. The van der Waals surface area contributed by atoms with Crippen LogP contribution in [0.1, 0.15) is 20.3 Å². The molecule has 1 aromatic carbocycles. The molecule has 84 valence electrons. The number of amides is 1. The third-order valence-electron chi connectivity index (χ3n) is 2.88. The third kappa shape index (κ3) is 1.85. The van der Waals surface area contributed by atoms with Gasteiger partial charge in [-0.05, 0) is 18.1 Å². The molecule has 1 heterocycles. The standard InChI is InChI=1S/C13H16N2O/c1-9(2)11-8-13(16)15(3)12-7-5-4-6-10(12)14-11/h4-7,9H,8H2,1-3H3. The Morgan fingerprint density at radius 2 is 2.00 bits per heavy atom. The highest BCUT2D eigenvalue weighted by molar-refractivity contribution is 6.11. The van der Waals surface area contributed by atoms with Crippen LogP contribution in [0.3, 0.4) is 0 Å². The van der Waals surface area contributed by atoms with Crippen LogP contribution in [0.5, 0.6) is 0 Å². The first-order valence-corrected chi connectivity index (χ1v) is 5.52. The number of hydrogen-bond donors (Lipinski definition) is 0. The number of rotatable bonds is 1. The average Bonchev–Trinajstić information content (AvgIpc) is 2.38. The van der Waals surface area contributed by atoms with Crippen molar-refractivity contribution in [2.45, 2.75) is 20.3 Å². The van der Waals surface area contributed by atoms with Crippen molar-refractivity contribution in [3.63, 3.8) is 0 Å². The van der Waals surface area contributed by atoms with Gasteiger partial charge in [-0.2, -0.15) is 0 Å². The van der Waals surface area contributed by atoms with Crippen LogP contribution in [0.15, 0.2) is 29.3 Å². The van der Waals surface area contributed by atoms with Gasteiger partial charge < -0.3 is 4.90 Å². The van der Waals surface area contributed by atoms with Crippen molar-refractivity contribution in [2.75, 3.05) is 11.9 Å². The zero-order valence-electron chi connectivity index (χ0n) is 9.90. The van der Waals surface area contributed by atoms with Crippen LogP contribution in [-0.2, 0) is 4.79 Å². The summed E-state index contributed by atoms with van der Waals surface area (Å²) in [5.41, 5.74) is 2.74. The Kier molecular flexibility index (Phi) is 2.77. The maximum atomic E-state index is 11.9. The van der Waals surface area contributed by atoms with Gasteiger partial charge in [0.15, 0.2) is 0 Å². The molecule has 1 amide bonds. The van der Waals surface area contributed by atoms with Crippen LogP contribution in [0.2, 0.25) is 0 Å². The van der Waals surface area contributed by atoms with Crippen LogP contribution >= 0.6 is 0 Å². The fourth-order valence-corrected chi connectivity index (χ4v) is 1.78. The first-order valence-electron chi connectivity index (χ1n) is 5.52. The lowest BCUT2D eigenvalue weighted by Gasteiger charge is -2.16. The van der Waals surface area contributed by atoms with Gasteiger partial charge in [-0.15, -0.1) is 0 Å². The van der Waals surface area contributed by atoms with Crippen LogP contribution in [-0.4, -0.2) is 18.7 Å². The largest absolute Gasteiger partial charge is 0.313 e. The molecule has 0 atom stereocenters. The van der Waals surface area contributed by atoms with Gasteiger partial charge in [0.05, 0.1) is 17.8 Å². The van der Waals surface area contributed by atoms with Gasteiger partial charge in [0, 0.05) is 12.8 Å². The Hall–Kier alpha value is -1.64. The number of anilines is 1. The van der Waals surface area contributed by atoms with Gasteiger partial charge in [-0.25, -0.2) is 0 Å². The number of para-hydroxylation sites is 2. The van der Waals surface area contributed by atoms with Crippen LogP contribution in [0, 0.1) is 5.92 Å². The Labute approximate surface area is 95.8 Å². The molecular formula is C13H16N2O. The van der Waals surface area contributed by atoms with Gasteiger partial charge in [-0.3, -0.25) is 9.79 Å². The SMILES string of the molecule is CC(C)C1=Nc2ccccc2N(C)C(=O)C1. The molecule has 0 bridgehead atoms. The summed E-state index contributed by atoms with van der Waals surface area (Å²) in [6.45, 7) is 4.14. The molecule has 0 radical (unpaired) electrons. The molecule has 0 saturated heterocycles. The zero-order chi connectivity index (χ0) is 11.7. The summed E-state index contributed by atoms with van der Waals surface area (Å²) in [6, 6.07) is 7.76. The molecule has 0 unspecified atom stereocenters. The van der Waals surface area contributed by atoms with E-state index in [1.54, 1.807) is 11.9 Å². The molecule has 1 aromatic rings. The Morgan fingerprint density at radius 3 is 2.69 bits per heavy atom. The Bertz CT molecular complexity index is 449. The van der Waals surface area contributed by atoms with Crippen LogP contribution < -0.4 is 4.90 Å². The molecule has 1 aliphatic rings. The van der Waals surface area contributed by atoms with E-state index in [0.717, 1.165) is 17.1 Å². The van der Waals surface area contributed by atoms with Gasteiger partial charge in [0.1, 0.15) is 0 Å². The summed E-state index contributed by atoms with van der Waals surface area (Å²) in [5, 5.41) is 0. The first-order chi connectivity index (χ1) is 7.59. The van der Waals surface area contributed by atoms with Crippen LogP contribution in [0.25, 0.3) is 0 Å². The molecular weight excluding hydrogens is 200 g/mol. The molecule has 0 aliphatic carbocycles. The zero-order valence-corrected chi connectivity index (χ0v) is 9.90. The fourth-order valence-electron chi connectivity index (χ4n) is 1.78. The van der Waals surface area contributed by atoms with Crippen LogP contribution in [0.4, 0.5) is 11.4 Å². The number of nitrogens with zero attached hydrogens (tertiary/aromatic N) is 2. The lowest BCUT2D eigenvalue weighted by Crippen LogP contribution is -2.27. The third-order valence-corrected chi connectivity index (χ3v) is 2.88. The van der Waals surface area contributed by atoms with Gasteiger partial charge in [0.25, 0.3) is 0 Å². The average molecular weight is 216 g/mol. The second kappa shape index (κ2) is 4.08. The summed E-state index contributed by atoms with van der Waals surface area (Å²) in [4.78, 5) is 18.2. The van der Waals surface area contributed by atoms with E-state index < -0.39 is 0 Å². The first kappa shape index (κ1) is 10.9. The molecule has 2 rings (SSSR count). The quantitative estimate of drug-likeness (QED) is 0.710. The van der Waals surface area contributed by atoms with Crippen molar-refractivity contribution >= 4 is 23.0 Å². The monoisotopic (exact) mass is 216 g/mol. The molecule has 16 heavy (non-hydrogen) atoms. The molecule has 0 N–H and O–H groups in total. The van der Waals surface area contributed by atoms with E-state index in [1.807, 2.05) is 24.3 Å². The van der Waals surface area contributed by atoms with E-state index in [2.05, 4.69) is 18.8 Å². The maximum Gasteiger partial charge on any atom is 0.232 e. The van der Waals surface area contributed by atoms with E-state index in [1.165, 1.54) is 0 Å². The molecule has 0 aromatic heterocycles. The fraction of sp³-hybridized carbons (Fsp3) is 0.385. The highest BCUT2D eigenvalue weighted by Crippen LogP contribution is 2.31. The summed E-state index contributed by atoms with van der Waals surface area (Å²) in [7, 11) is 1.81. The van der Waals surface area contributed by atoms with Gasteiger partial charge >= 0.3 is 0 Å². The molecule has 0 saturated carbocycles. The minimum Gasteiger partial charge on any atom is -0.313 e. The van der Waals surface area contributed by atoms with Crippen molar-refractivity contribution in [2.24, 2.45) is 10.9 Å². The summed E-state index contributed by atoms with van der Waals surface area (Å²) in [6.07, 6.45) is 0.419. The molecule has 0 spiro atoms. The van der Waals surface area contributed by atoms with Crippen molar-refractivity contribution in [1.29, 1.82) is 0 Å². The molecule has 3 heteroatoms. The lowest BCUT2D eigenvalue weighted by molar-refractivity contribution is -0.117. The highest BCUT2D eigenvalue weighted by atomic mass is 16.2. The predicted molar refractivity (Wildman–Crippen MR) is 66.4 cm³/mol. The maximum absolute atomic E-state index is 11.9. The molecule has 3 nitrogen and oxygen atoms in total. The normalized spacial score (nSPS) is 15.9. The summed E-state index contributed by atoms with van der Waals surface area (Å²) < 4.78 is 0. The summed E-state index contributed by atoms with van der Waals surface area (Å²) >= 11 is 0. The minimum atomic E-state index is 0.109. The van der Waals surface area contributed by atoms with E-state index in [0.29, 0.717) is 12.3 Å². The Balaban J connectivity index is 2.54. The smallest absolute Gasteiger partial charge is 0.232 e. The second-order valence-corrected chi connectivity index (χ2v) is 4.38. The molecule has 1 aliphatic heterocycles. The summed E-state index contributed by atoms with van der Waals surface area (Å²) in [5.74, 6) is 0.418. The number of carbonyl (C=O) groups excluding carboxylic acids is 1. The number of fused-ring (bicyclic) bond motifs is 1. The van der Waals surface area contributed by atoms with Crippen molar-refractivity contribution in [3.8, 4) is 0 Å². The Morgan fingerprint density at radius 1 is 1.31 bits per heavy atom. The minimum absolute atomic E-state index is 0.109. The van der Waals surface area contributed by atoms with Crippen molar-refractivity contribution in [1.82, 2.24) is 0 Å². The number of benzene rings is 1. The van der Waals surface area contributed by atoms with E-state index in [9.17, 15) is 4.79 Å². The van der Waals surface area contributed by atoms with Gasteiger partial charge in [0.2, 0.25) is 5.91 Å². The van der Waals surface area contributed by atoms with E-state index >= 15 is 0 Å². The van der Waals surface area contributed by atoms with Crippen molar-refractivity contribution < 1.29 is 4.79 Å². The number of carbonyl (C=O) groups is 1. The topological polar surface area (TPSA) is 32.7 Å². The van der Waals surface area contributed by atoms with E-state index in [-0.39, 0.29) is 5.91 Å². The number of hydrogen-bond acceptors (Lipinski definition) is 2. The highest BCUT2D eigenvalue weighted by Gasteiger charge is 2.21. The van der Waals surface area contributed by atoms with E-state index in [4.69, 9.17) is 0 Å². The van der Waals surface area contributed by atoms with Gasteiger partial charge in [-0.1, -0.05) is 26.0 Å². The molecule has 0 fully saturated rings. The second-order valence-electron chi connectivity index (χ2n) is 4.38. The number of aliphatic imine (C=N–C) groups is 1. The lowest BCUT2D eigenvalue weighted by atomic mass is 10.0. The van der Waals surface area contributed by atoms with Crippen molar-refractivity contribution in [3.05, 3.63) is 24.3 Å².